The van der Waals surface area contributed by atoms with Crippen LogP contribution in [-0.2, 0) is 27.2 Å². The Hall–Kier alpha value is -2.34. The Balaban J connectivity index is 1.42. The molecule has 4 nitrogen and oxygen atoms in total. The quantitative estimate of drug-likeness (QED) is 0.633. The topological polar surface area (TPSA) is 55.4 Å². The van der Waals surface area contributed by atoms with Gasteiger partial charge in [-0.1, -0.05) is 18.2 Å². The summed E-state index contributed by atoms with van der Waals surface area (Å²) in [6, 6.07) is 12.1. The second-order valence-corrected chi connectivity index (χ2v) is 6.78. The van der Waals surface area contributed by atoms with Crippen LogP contribution in [0.2, 0.25) is 0 Å². The van der Waals surface area contributed by atoms with Crippen LogP contribution in [-0.4, -0.2) is 24.2 Å². The minimum absolute atomic E-state index is 0.0486. The van der Waals surface area contributed by atoms with Gasteiger partial charge in [0.1, 0.15) is 5.82 Å². The Morgan fingerprint density at radius 3 is 2.76 bits per heavy atom. The lowest BCUT2D eigenvalue weighted by Gasteiger charge is -2.08. The van der Waals surface area contributed by atoms with E-state index < -0.39 is 5.97 Å². The molecule has 0 saturated carbocycles. The molecule has 0 fully saturated rings. The highest BCUT2D eigenvalue weighted by Crippen LogP contribution is 2.25. The summed E-state index contributed by atoms with van der Waals surface area (Å²) < 4.78 is 18.4. The molecule has 1 N–H and O–H groups in total. The second-order valence-electron chi connectivity index (χ2n) is 5.76. The first kappa shape index (κ1) is 17.5. The van der Waals surface area contributed by atoms with Crippen LogP contribution < -0.4 is 5.32 Å². The molecule has 0 bridgehead atoms. The Morgan fingerprint density at radius 2 is 1.92 bits per heavy atom. The molecule has 0 heterocycles. The molecule has 6 heteroatoms. The number of carbonyl (C=O) groups is 2. The van der Waals surface area contributed by atoms with Crippen LogP contribution in [0.1, 0.15) is 17.5 Å². The summed E-state index contributed by atoms with van der Waals surface area (Å²) in [5.41, 5.74) is 3.30. The van der Waals surface area contributed by atoms with E-state index in [1.54, 1.807) is 18.2 Å². The fourth-order valence-corrected chi connectivity index (χ4v) is 3.47. The Labute approximate surface area is 149 Å². The molecule has 0 saturated heterocycles. The van der Waals surface area contributed by atoms with Gasteiger partial charge in [0, 0.05) is 10.6 Å². The first-order chi connectivity index (χ1) is 12.1. The van der Waals surface area contributed by atoms with E-state index in [2.05, 4.69) is 5.32 Å². The smallest absolute Gasteiger partial charge is 0.316 e. The Morgan fingerprint density at radius 1 is 1.12 bits per heavy atom. The summed E-state index contributed by atoms with van der Waals surface area (Å²) in [7, 11) is 0. The number of hydrogen-bond donors (Lipinski definition) is 1. The summed E-state index contributed by atoms with van der Waals surface area (Å²) in [5, 5.41) is 2.73. The fraction of sp³-hybridized carbons (Fsp3) is 0.263. The van der Waals surface area contributed by atoms with Crippen molar-refractivity contribution in [3.8, 4) is 0 Å². The van der Waals surface area contributed by atoms with E-state index in [0.29, 0.717) is 10.6 Å². The van der Waals surface area contributed by atoms with Crippen molar-refractivity contribution in [2.75, 3.05) is 17.7 Å². The molecular formula is C19H18FNO3S. The van der Waals surface area contributed by atoms with Crippen LogP contribution in [0.5, 0.6) is 0 Å². The second kappa shape index (κ2) is 8.16. The molecule has 2 aromatic rings. The van der Waals surface area contributed by atoms with Crippen molar-refractivity contribution >= 4 is 29.3 Å². The van der Waals surface area contributed by atoms with Crippen molar-refractivity contribution in [3.05, 3.63) is 59.4 Å². The molecular weight excluding hydrogens is 341 g/mol. The zero-order valence-electron chi connectivity index (χ0n) is 13.6. The number of hydrogen-bond acceptors (Lipinski definition) is 4. The minimum Gasteiger partial charge on any atom is -0.455 e. The van der Waals surface area contributed by atoms with Gasteiger partial charge in [0.05, 0.1) is 5.75 Å². The number of carbonyl (C=O) groups excluding carboxylic acids is 2. The average molecular weight is 359 g/mol. The number of amides is 1. The van der Waals surface area contributed by atoms with Crippen LogP contribution >= 0.6 is 11.8 Å². The van der Waals surface area contributed by atoms with Crippen LogP contribution in [0.25, 0.3) is 0 Å². The SMILES string of the molecule is O=C(COC(=O)CSc1ccccc1F)Nc1ccc2c(c1)CCC2. The highest BCUT2D eigenvalue weighted by atomic mass is 32.2. The predicted molar refractivity (Wildman–Crippen MR) is 95.2 cm³/mol. The van der Waals surface area contributed by atoms with Gasteiger partial charge >= 0.3 is 5.97 Å². The van der Waals surface area contributed by atoms with E-state index >= 15 is 0 Å². The molecule has 25 heavy (non-hydrogen) atoms. The molecule has 130 valence electrons. The van der Waals surface area contributed by atoms with Crippen molar-refractivity contribution in [3.63, 3.8) is 0 Å². The Kier molecular flexibility index (Phi) is 5.71. The normalized spacial score (nSPS) is 12.5. The number of halogens is 1. The van der Waals surface area contributed by atoms with Crippen molar-refractivity contribution in [1.82, 2.24) is 0 Å². The highest BCUT2D eigenvalue weighted by molar-refractivity contribution is 8.00. The molecule has 2 aromatic carbocycles. The van der Waals surface area contributed by atoms with Gasteiger partial charge < -0.3 is 10.1 Å². The van der Waals surface area contributed by atoms with Gasteiger partial charge in [-0.25, -0.2) is 4.39 Å². The van der Waals surface area contributed by atoms with Gasteiger partial charge in [-0.05, 0) is 54.7 Å². The van der Waals surface area contributed by atoms with Crippen molar-refractivity contribution < 1.29 is 18.7 Å². The lowest BCUT2D eigenvalue weighted by molar-refractivity contribution is -0.144. The molecule has 0 aliphatic heterocycles. The number of thioether (sulfide) groups is 1. The van der Waals surface area contributed by atoms with E-state index in [0.717, 1.165) is 31.0 Å². The van der Waals surface area contributed by atoms with E-state index in [-0.39, 0.29) is 24.1 Å². The molecule has 3 rings (SSSR count). The van der Waals surface area contributed by atoms with E-state index in [4.69, 9.17) is 4.74 Å². The molecule has 1 aliphatic rings. The number of benzene rings is 2. The van der Waals surface area contributed by atoms with Gasteiger partial charge in [0.15, 0.2) is 6.61 Å². The monoisotopic (exact) mass is 359 g/mol. The van der Waals surface area contributed by atoms with Gasteiger partial charge in [0.2, 0.25) is 0 Å². The molecule has 1 amide bonds. The maximum absolute atomic E-state index is 13.5. The molecule has 1 aliphatic carbocycles. The largest absolute Gasteiger partial charge is 0.455 e. The van der Waals surface area contributed by atoms with Gasteiger partial charge in [-0.2, -0.15) is 0 Å². The summed E-state index contributed by atoms with van der Waals surface area (Å²) in [6.07, 6.45) is 3.26. The first-order valence-corrected chi connectivity index (χ1v) is 9.05. The third-order valence-electron chi connectivity index (χ3n) is 3.93. The zero-order valence-corrected chi connectivity index (χ0v) is 14.4. The number of aryl methyl sites for hydroxylation is 2. The van der Waals surface area contributed by atoms with Gasteiger partial charge in [-0.3, -0.25) is 9.59 Å². The lowest BCUT2D eigenvalue weighted by atomic mass is 10.1. The number of anilines is 1. The van der Waals surface area contributed by atoms with Crippen molar-refractivity contribution in [2.45, 2.75) is 24.2 Å². The van der Waals surface area contributed by atoms with Gasteiger partial charge in [-0.15, -0.1) is 11.8 Å². The van der Waals surface area contributed by atoms with Crippen LogP contribution in [0.3, 0.4) is 0 Å². The standard InChI is InChI=1S/C19H18FNO3S/c20-16-6-1-2-7-17(16)25-12-19(23)24-11-18(22)21-15-9-8-13-4-3-5-14(13)10-15/h1-2,6-10H,3-5,11-12H2,(H,21,22). The molecule has 0 atom stereocenters. The van der Waals surface area contributed by atoms with Crippen molar-refractivity contribution in [2.24, 2.45) is 0 Å². The fourth-order valence-electron chi connectivity index (χ4n) is 2.73. The first-order valence-electron chi connectivity index (χ1n) is 8.06. The van der Waals surface area contributed by atoms with E-state index in [9.17, 15) is 14.0 Å². The number of esters is 1. The number of rotatable bonds is 6. The van der Waals surface area contributed by atoms with Crippen LogP contribution in [0.15, 0.2) is 47.4 Å². The number of ether oxygens (including phenoxy) is 1. The maximum Gasteiger partial charge on any atom is 0.316 e. The Bertz CT molecular complexity index is 794. The van der Waals surface area contributed by atoms with Crippen LogP contribution in [0.4, 0.5) is 10.1 Å². The highest BCUT2D eigenvalue weighted by Gasteiger charge is 2.13. The lowest BCUT2D eigenvalue weighted by Crippen LogP contribution is -2.21. The third kappa shape index (κ3) is 4.82. The predicted octanol–water partition coefficient (Wildman–Crippen LogP) is 3.59. The summed E-state index contributed by atoms with van der Waals surface area (Å²) in [6.45, 7) is -0.353. The maximum atomic E-state index is 13.5. The average Bonchev–Trinajstić information content (AvgIpc) is 3.07. The molecule has 0 aromatic heterocycles. The van der Waals surface area contributed by atoms with E-state index in [1.165, 1.54) is 17.2 Å². The van der Waals surface area contributed by atoms with Crippen molar-refractivity contribution in [1.29, 1.82) is 0 Å². The summed E-state index contributed by atoms with van der Waals surface area (Å²) in [5.74, 6) is -1.37. The minimum atomic E-state index is -0.558. The van der Waals surface area contributed by atoms with Gasteiger partial charge in [0.25, 0.3) is 5.91 Å². The summed E-state index contributed by atoms with van der Waals surface area (Å²) in [4.78, 5) is 24.0. The van der Waals surface area contributed by atoms with Crippen LogP contribution in [0, 0.1) is 5.82 Å². The number of nitrogens with one attached hydrogen (secondary N) is 1. The third-order valence-corrected chi connectivity index (χ3v) is 4.95. The molecule has 0 radical (unpaired) electrons. The molecule has 0 spiro atoms. The zero-order chi connectivity index (χ0) is 17.6. The number of fused-ring (bicyclic) bond motifs is 1. The summed E-state index contributed by atoms with van der Waals surface area (Å²) >= 11 is 1.04. The molecule has 0 unspecified atom stereocenters. The van der Waals surface area contributed by atoms with E-state index in [1.807, 2.05) is 18.2 Å².